The predicted octanol–water partition coefficient (Wildman–Crippen LogP) is 3.14. The van der Waals surface area contributed by atoms with Crippen LogP contribution in [0.5, 0.6) is 0 Å². The van der Waals surface area contributed by atoms with Crippen LogP contribution in [-0.4, -0.2) is 9.55 Å². The molecule has 2 nitrogen and oxygen atoms in total. The molecule has 1 aromatic carbocycles. The van der Waals surface area contributed by atoms with Crippen molar-refractivity contribution in [3.63, 3.8) is 0 Å². The summed E-state index contributed by atoms with van der Waals surface area (Å²) in [6.45, 7) is 0.393. The number of benzene rings is 1. The van der Waals surface area contributed by atoms with Gasteiger partial charge >= 0.3 is 0 Å². The number of hydrogen-bond acceptors (Lipinski definition) is 1. The summed E-state index contributed by atoms with van der Waals surface area (Å²) >= 11 is 6.04. The van der Waals surface area contributed by atoms with Gasteiger partial charge in [0.15, 0.2) is 0 Å². The molecule has 0 amide bonds. The van der Waals surface area contributed by atoms with E-state index in [1.54, 1.807) is 23.3 Å². The summed E-state index contributed by atoms with van der Waals surface area (Å²) in [5.41, 5.74) is 0.289. The predicted molar refractivity (Wildman–Crippen MR) is 57.2 cm³/mol. The van der Waals surface area contributed by atoms with E-state index in [1.165, 1.54) is 12.1 Å². The Kier molecular flexibility index (Phi) is 3.19. The maximum Gasteiger partial charge on any atom is 0.130 e. The lowest BCUT2D eigenvalue weighted by molar-refractivity contribution is 0.559. The van der Waals surface area contributed by atoms with Gasteiger partial charge in [-0.15, -0.1) is 11.6 Å². The van der Waals surface area contributed by atoms with Gasteiger partial charge in [0.1, 0.15) is 11.6 Å². The minimum atomic E-state index is -0.625. The SMILES string of the molecule is Fc1ccc(C(Cl)Cn2ccnc2)c(F)c1. The number of alkyl halides is 1. The molecule has 16 heavy (non-hydrogen) atoms. The maximum atomic E-state index is 13.4. The molecule has 0 aliphatic heterocycles. The third-order valence-corrected chi connectivity index (χ3v) is 2.60. The topological polar surface area (TPSA) is 17.8 Å². The molecule has 1 unspecified atom stereocenters. The Morgan fingerprint density at radius 2 is 2.19 bits per heavy atom. The molecule has 0 radical (unpaired) electrons. The van der Waals surface area contributed by atoms with Crippen LogP contribution in [0.3, 0.4) is 0 Å². The van der Waals surface area contributed by atoms with Crippen LogP contribution in [-0.2, 0) is 6.54 Å². The third kappa shape index (κ3) is 2.39. The molecule has 1 atom stereocenters. The van der Waals surface area contributed by atoms with Crippen LogP contribution < -0.4 is 0 Å². The van der Waals surface area contributed by atoms with E-state index in [-0.39, 0.29) is 5.56 Å². The van der Waals surface area contributed by atoms with Crippen molar-refractivity contribution in [2.45, 2.75) is 11.9 Å². The van der Waals surface area contributed by atoms with Gasteiger partial charge < -0.3 is 4.57 Å². The van der Waals surface area contributed by atoms with Crippen LogP contribution in [0.2, 0.25) is 0 Å². The van der Waals surface area contributed by atoms with Crippen LogP contribution >= 0.6 is 11.6 Å². The quantitative estimate of drug-likeness (QED) is 0.756. The van der Waals surface area contributed by atoms with Gasteiger partial charge in [0.2, 0.25) is 0 Å². The summed E-state index contributed by atoms with van der Waals surface area (Å²) in [6.07, 6.45) is 4.94. The van der Waals surface area contributed by atoms with Crippen LogP contribution in [0.1, 0.15) is 10.9 Å². The van der Waals surface area contributed by atoms with E-state index < -0.39 is 17.0 Å². The summed E-state index contributed by atoms with van der Waals surface area (Å²) in [4.78, 5) is 3.86. The second-order valence-electron chi connectivity index (χ2n) is 3.39. The Bertz CT molecular complexity index is 471. The number of imidazole rings is 1. The highest BCUT2D eigenvalue weighted by Gasteiger charge is 2.13. The third-order valence-electron chi connectivity index (χ3n) is 2.23. The molecular formula is C11H9ClF2N2. The molecule has 0 saturated heterocycles. The smallest absolute Gasteiger partial charge is 0.130 e. The highest BCUT2D eigenvalue weighted by atomic mass is 35.5. The Morgan fingerprint density at radius 3 is 2.81 bits per heavy atom. The molecular weight excluding hydrogens is 234 g/mol. The maximum absolute atomic E-state index is 13.4. The molecule has 0 saturated carbocycles. The Morgan fingerprint density at radius 1 is 1.38 bits per heavy atom. The highest BCUT2D eigenvalue weighted by Crippen LogP contribution is 2.25. The standard InChI is InChI=1S/C11H9ClF2N2/c12-10(6-16-4-3-15-7-16)9-2-1-8(13)5-11(9)14/h1-5,7,10H,6H2. The van der Waals surface area contributed by atoms with E-state index in [2.05, 4.69) is 4.98 Å². The van der Waals surface area contributed by atoms with Crippen LogP contribution in [0, 0.1) is 11.6 Å². The number of rotatable bonds is 3. The lowest BCUT2D eigenvalue weighted by atomic mass is 10.1. The molecule has 0 bridgehead atoms. The second kappa shape index (κ2) is 4.61. The molecule has 1 aromatic heterocycles. The summed E-state index contributed by atoms with van der Waals surface area (Å²) in [6, 6.07) is 3.39. The first kappa shape index (κ1) is 11.1. The zero-order chi connectivity index (χ0) is 11.5. The van der Waals surface area contributed by atoms with Crippen LogP contribution in [0.15, 0.2) is 36.9 Å². The molecule has 2 rings (SSSR count). The first-order chi connectivity index (χ1) is 7.66. The van der Waals surface area contributed by atoms with Crippen molar-refractivity contribution < 1.29 is 8.78 Å². The molecule has 1 heterocycles. The minimum Gasteiger partial charge on any atom is -0.336 e. The Hall–Kier alpha value is -1.42. The van der Waals surface area contributed by atoms with Gasteiger partial charge in [-0.3, -0.25) is 0 Å². The Balaban J connectivity index is 2.17. The fourth-order valence-electron chi connectivity index (χ4n) is 1.43. The number of aromatic nitrogens is 2. The fourth-order valence-corrected chi connectivity index (χ4v) is 1.77. The molecule has 2 aromatic rings. The average Bonchev–Trinajstić information content (AvgIpc) is 2.70. The number of halogens is 3. The van der Waals surface area contributed by atoms with E-state index in [0.29, 0.717) is 6.54 Å². The van der Waals surface area contributed by atoms with Gasteiger partial charge in [0.25, 0.3) is 0 Å². The summed E-state index contributed by atoms with van der Waals surface area (Å²) < 4.78 is 27.8. The van der Waals surface area contributed by atoms with E-state index in [4.69, 9.17) is 11.6 Å². The molecule has 84 valence electrons. The van der Waals surface area contributed by atoms with Gasteiger partial charge in [-0.1, -0.05) is 6.07 Å². The van der Waals surface area contributed by atoms with Crippen molar-refractivity contribution in [1.82, 2.24) is 9.55 Å². The van der Waals surface area contributed by atoms with E-state index in [9.17, 15) is 8.78 Å². The average molecular weight is 243 g/mol. The Labute approximate surface area is 96.5 Å². The van der Waals surface area contributed by atoms with Gasteiger partial charge in [-0.05, 0) is 6.07 Å². The molecule has 0 aliphatic rings. The van der Waals surface area contributed by atoms with Crippen molar-refractivity contribution in [3.8, 4) is 0 Å². The highest BCUT2D eigenvalue weighted by molar-refractivity contribution is 6.20. The molecule has 0 N–H and O–H groups in total. The van der Waals surface area contributed by atoms with Gasteiger partial charge in [-0.25, -0.2) is 13.8 Å². The van der Waals surface area contributed by atoms with Crippen molar-refractivity contribution in [1.29, 1.82) is 0 Å². The summed E-state index contributed by atoms with van der Waals surface area (Å²) in [7, 11) is 0. The van der Waals surface area contributed by atoms with E-state index in [0.717, 1.165) is 6.07 Å². The van der Waals surface area contributed by atoms with Crippen molar-refractivity contribution in [2.24, 2.45) is 0 Å². The van der Waals surface area contributed by atoms with Crippen LogP contribution in [0.4, 0.5) is 8.78 Å². The normalized spacial score (nSPS) is 12.7. The van der Waals surface area contributed by atoms with Crippen molar-refractivity contribution in [2.75, 3.05) is 0 Å². The van der Waals surface area contributed by atoms with Gasteiger partial charge in [-0.2, -0.15) is 0 Å². The second-order valence-corrected chi connectivity index (χ2v) is 3.92. The van der Waals surface area contributed by atoms with Gasteiger partial charge in [0, 0.05) is 30.6 Å². The number of hydrogen-bond donors (Lipinski definition) is 0. The number of nitrogens with zero attached hydrogens (tertiary/aromatic N) is 2. The zero-order valence-corrected chi connectivity index (χ0v) is 9.03. The summed E-state index contributed by atoms with van der Waals surface area (Å²) in [5, 5.41) is -0.546. The lowest BCUT2D eigenvalue weighted by Crippen LogP contribution is -2.04. The molecule has 5 heteroatoms. The van der Waals surface area contributed by atoms with Crippen molar-refractivity contribution in [3.05, 3.63) is 54.1 Å². The monoisotopic (exact) mass is 242 g/mol. The first-order valence-electron chi connectivity index (χ1n) is 4.71. The lowest BCUT2D eigenvalue weighted by Gasteiger charge is -2.11. The largest absolute Gasteiger partial charge is 0.336 e. The molecule has 0 spiro atoms. The molecule has 0 fully saturated rings. The minimum absolute atomic E-state index is 0.289. The van der Waals surface area contributed by atoms with E-state index in [1.807, 2.05) is 0 Å². The first-order valence-corrected chi connectivity index (χ1v) is 5.15. The zero-order valence-electron chi connectivity index (χ0n) is 8.28. The van der Waals surface area contributed by atoms with Crippen molar-refractivity contribution >= 4 is 11.6 Å². The van der Waals surface area contributed by atoms with E-state index >= 15 is 0 Å². The van der Waals surface area contributed by atoms with Crippen LogP contribution in [0.25, 0.3) is 0 Å². The fraction of sp³-hybridized carbons (Fsp3) is 0.182. The molecule has 0 aliphatic carbocycles. The summed E-state index contributed by atoms with van der Waals surface area (Å²) in [5.74, 6) is -1.23. The van der Waals surface area contributed by atoms with Gasteiger partial charge in [0.05, 0.1) is 11.7 Å².